The van der Waals surface area contributed by atoms with Crippen molar-refractivity contribution in [1.82, 2.24) is 5.32 Å². The molecule has 1 rings (SSSR count). The minimum Gasteiger partial charge on any atom is -0.409 e. The Kier molecular flexibility index (Phi) is 4.28. The minimum absolute atomic E-state index is 0.0472. The van der Waals surface area contributed by atoms with Crippen LogP contribution in [0.5, 0.6) is 0 Å². The molecule has 0 spiro atoms. The van der Waals surface area contributed by atoms with Gasteiger partial charge in [-0.05, 0) is 25.5 Å². The number of amidine groups is 1. The summed E-state index contributed by atoms with van der Waals surface area (Å²) in [5.74, 6) is -0.374. The van der Waals surface area contributed by atoms with E-state index in [0.29, 0.717) is 12.1 Å². The Morgan fingerprint density at radius 1 is 1.44 bits per heavy atom. The summed E-state index contributed by atoms with van der Waals surface area (Å²) in [6, 6.07) is 7.18. The van der Waals surface area contributed by atoms with E-state index in [1.807, 2.05) is 6.07 Å². The molecule has 18 heavy (non-hydrogen) atoms. The molecule has 0 saturated carbocycles. The fourth-order valence-electron chi connectivity index (χ4n) is 1.31. The lowest BCUT2D eigenvalue weighted by Gasteiger charge is -2.22. The molecule has 6 heteroatoms. The molecular weight excluding hydrogens is 232 g/mol. The third kappa shape index (κ3) is 3.46. The van der Waals surface area contributed by atoms with E-state index in [-0.39, 0.29) is 5.84 Å². The zero-order valence-corrected chi connectivity index (χ0v) is 10.5. The van der Waals surface area contributed by atoms with Crippen LogP contribution in [-0.4, -0.2) is 22.5 Å². The number of amides is 1. The lowest BCUT2D eigenvalue weighted by molar-refractivity contribution is -0.123. The van der Waals surface area contributed by atoms with Gasteiger partial charge in [-0.2, -0.15) is 0 Å². The van der Waals surface area contributed by atoms with Crippen LogP contribution < -0.4 is 16.8 Å². The molecular formula is C12H18N4O2. The monoisotopic (exact) mass is 250 g/mol. The normalized spacial score (nSPS) is 12.4. The van der Waals surface area contributed by atoms with E-state index in [1.165, 1.54) is 0 Å². The molecule has 6 N–H and O–H groups in total. The van der Waals surface area contributed by atoms with Crippen molar-refractivity contribution >= 4 is 11.7 Å². The van der Waals surface area contributed by atoms with Gasteiger partial charge in [-0.3, -0.25) is 10.1 Å². The number of nitrogens with one attached hydrogen (secondary N) is 1. The molecule has 0 aliphatic rings. The maximum atomic E-state index is 11.2. The van der Waals surface area contributed by atoms with Gasteiger partial charge in [0, 0.05) is 12.1 Å². The third-order valence-electron chi connectivity index (χ3n) is 2.68. The summed E-state index contributed by atoms with van der Waals surface area (Å²) in [6.45, 7) is 3.88. The van der Waals surface area contributed by atoms with Crippen molar-refractivity contribution in [2.24, 2.45) is 16.6 Å². The van der Waals surface area contributed by atoms with Crippen molar-refractivity contribution in [3.8, 4) is 0 Å². The summed E-state index contributed by atoms with van der Waals surface area (Å²) in [4.78, 5) is 11.2. The minimum atomic E-state index is -0.785. The molecule has 6 nitrogen and oxygen atoms in total. The van der Waals surface area contributed by atoms with E-state index < -0.39 is 11.4 Å². The topological polar surface area (TPSA) is 114 Å². The van der Waals surface area contributed by atoms with Gasteiger partial charge in [-0.15, -0.1) is 0 Å². The maximum Gasteiger partial charge on any atom is 0.237 e. The SMILES string of the molecule is CC(C)(NCc1cccc(C(N)=NO)c1)C(N)=O. The number of rotatable bonds is 5. The van der Waals surface area contributed by atoms with Crippen LogP contribution in [0.15, 0.2) is 29.4 Å². The van der Waals surface area contributed by atoms with Gasteiger partial charge < -0.3 is 16.7 Å². The van der Waals surface area contributed by atoms with Gasteiger partial charge in [0.25, 0.3) is 0 Å². The molecule has 98 valence electrons. The Hall–Kier alpha value is -2.08. The van der Waals surface area contributed by atoms with Crippen LogP contribution >= 0.6 is 0 Å². The van der Waals surface area contributed by atoms with Gasteiger partial charge >= 0.3 is 0 Å². The predicted molar refractivity (Wildman–Crippen MR) is 69.1 cm³/mol. The molecule has 1 amide bonds. The average molecular weight is 250 g/mol. The summed E-state index contributed by atoms with van der Waals surface area (Å²) in [6.07, 6.45) is 0. The fraction of sp³-hybridized carbons (Fsp3) is 0.333. The molecule has 0 aliphatic heterocycles. The number of primary amides is 1. The van der Waals surface area contributed by atoms with Crippen LogP contribution in [-0.2, 0) is 11.3 Å². The molecule has 0 bridgehead atoms. The summed E-state index contributed by atoms with van der Waals surface area (Å²) < 4.78 is 0. The van der Waals surface area contributed by atoms with Crippen LogP contribution in [0, 0.1) is 0 Å². The van der Waals surface area contributed by atoms with Crippen molar-refractivity contribution in [1.29, 1.82) is 0 Å². The number of carbonyl (C=O) groups is 1. The molecule has 0 fully saturated rings. The second-order valence-electron chi connectivity index (χ2n) is 4.53. The highest BCUT2D eigenvalue weighted by Gasteiger charge is 2.23. The molecule has 1 aromatic rings. The number of oxime groups is 1. The number of nitrogens with two attached hydrogens (primary N) is 2. The van der Waals surface area contributed by atoms with E-state index >= 15 is 0 Å². The highest BCUT2D eigenvalue weighted by molar-refractivity contribution is 5.97. The van der Waals surface area contributed by atoms with Gasteiger partial charge in [0.2, 0.25) is 5.91 Å². The largest absolute Gasteiger partial charge is 0.409 e. The Balaban J connectivity index is 2.78. The van der Waals surface area contributed by atoms with Gasteiger partial charge in [-0.1, -0.05) is 23.4 Å². The third-order valence-corrected chi connectivity index (χ3v) is 2.68. The average Bonchev–Trinajstić information content (AvgIpc) is 2.35. The number of hydrogen-bond donors (Lipinski definition) is 4. The molecule has 1 aromatic carbocycles. The second-order valence-corrected chi connectivity index (χ2v) is 4.53. The number of hydrogen-bond acceptors (Lipinski definition) is 4. The van der Waals surface area contributed by atoms with Gasteiger partial charge in [0.05, 0.1) is 5.54 Å². The van der Waals surface area contributed by atoms with Gasteiger partial charge in [0.15, 0.2) is 5.84 Å². The van der Waals surface area contributed by atoms with Gasteiger partial charge in [0.1, 0.15) is 0 Å². The van der Waals surface area contributed by atoms with Crippen LogP contribution in [0.1, 0.15) is 25.0 Å². The molecule has 0 aromatic heterocycles. The van der Waals surface area contributed by atoms with E-state index in [0.717, 1.165) is 5.56 Å². The van der Waals surface area contributed by atoms with E-state index in [4.69, 9.17) is 16.7 Å². The van der Waals surface area contributed by atoms with E-state index in [2.05, 4.69) is 10.5 Å². The van der Waals surface area contributed by atoms with Crippen LogP contribution in [0.2, 0.25) is 0 Å². The molecule has 0 saturated heterocycles. The van der Waals surface area contributed by atoms with Crippen LogP contribution in [0.3, 0.4) is 0 Å². The van der Waals surface area contributed by atoms with Crippen molar-refractivity contribution in [2.75, 3.05) is 0 Å². The predicted octanol–water partition coefficient (Wildman–Crippen LogP) is 0.135. The lowest BCUT2D eigenvalue weighted by atomic mass is 10.0. The molecule has 0 atom stereocenters. The summed E-state index contributed by atoms with van der Waals surface area (Å²) >= 11 is 0. The summed E-state index contributed by atoms with van der Waals surface area (Å²) in [5.41, 5.74) is 11.5. The van der Waals surface area contributed by atoms with E-state index in [1.54, 1.807) is 32.0 Å². The first-order chi connectivity index (χ1) is 8.36. The molecule has 0 heterocycles. The molecule has 0 radical (unpaired) electrons. The highest BCUT2D eigenvalue weighted by atomic mass is 16.4. The molecule has 0 unspecified atom stereocenters. The number of benzene rings is 1. The lowest BCUT2D eigenvalue weighted by Crippen LogP contribution is -2.50. The van der Waals surface area contributed by atoms with Crippen molar-refractivity contribution in [2.45, 2.75) is 25.9 Å². The zero-order valence-electron chi connectivity index (χ0n) is 10.5. The Morgan fingerprint density at radius 2 is 2.11 bits per heavy atom. The standard InChI is InChI=1S/C12H18N4O2/c1-12(2,11(14)17)15-7-8-4-3-5-9(6-8)10(13)16-18/h3-6,15,18H,7H2,1-2H3,(H2,13,16)(H2,14,17). The number of carbonyl (C=O) groups excluding carboxylic acids is 1. The summed E-state index contributed by atoms with van der Waals surface area (Å²) in [5, 5.41) is 14.6. The van der Waals surface area contributed by atoms with Gasteiger partial charge in [-0.25, -0.2) is 0 Å². The highest BCUT2D eigenvalue weighted by Crippen LogP contribution is 2.08. The van der Waals surface area contributed by atoms with Crippen LogP contribution in [0.4, 0.5) is 0 Å². The Labute approximate surface area is 106 Å². The second kappa shape index (κ2) is 5.50. The van der Waals surface area contributed by atoms with Crippen molar-refractivity contribution < 1.29 is 10.0 Å². The van der Waals surface area contributed by atoms with Crippen molar-refractivity contribution in [3.63, 3.8) is 0 Å². The first-order valence-corrected chi connectivity index (χ1v) is 5.48. The quantitative estimate of drug-likeness (QED) is 0.257. The maximum absolute atomic E-state index is 11.2. The Morgan fingerprint density at radius 3 is 2.67 bits per heavy atom. The van der Waals surface area contributed by atoms with Crippen molar-refractivity contribution in [3.05, 3.63) is 35.4 Å². The smallest absolute Gasteiger partial charge is 0.237 e. The molecule has 0 aliphatic carbocycles. The van der Waals surface area contributed by atoms with E-state index in [9.17, 15) is 4.79 Å². The summed E-state index contributed by atoms with van der Waals surface area (Å²) in [7, 11) is 0. The number of nitrogens with zero attached hydrogens (tertiary/aromatic N) is 1. The first kappa shape index (κ1) is 14.0. The zero-order chi connectivity index (χ0) is 13.8. The first-order valence-electron chi connectivity index (χ1n) is 5.48. The fourth-order valence-corrected chi connectivity index (χ4v) is 1.31. The van der Waals surface area contributed by atoms with Crippen LogP contribution in [0.25, 0.3) is 0 Å². The Bertz CT molecular complexity index is 469.